The van der Waals surface area contributed by atoms with E-state index in [4.69, 9.17) is 17.4 Å². The lowest BCUT2D eigenvalue weighted by atomic mass is 9.96. The van der Waals surface area contributed by atoms with Crippen LogP contribution in [0.15, 0.2) is 35.8 Å². The van der Waals surface area contributed by atoms with Crippen LogP contribution in [0.5, 0.6) is 0 Å². The molecule has 196 valence electrons. The van der Waals surface area contributed by atoms with Gasteiger partial charge in [0.25, 0.3) is 17.6 Å². The molecule has 1 atom stereocenters. The number of hydrogen-bond donors (Lipinski definition) is 2. The average Bonchev–Trinajstić information content (AvgIpc) is 3.58. The summed E-state index contributed by atoms with van der Waals surface area (Å²) in [7, 11) is 0. The van der Waals surface area contributed by atoms with Crippen molar-refractivity contribution < 1.29 is 19.5 Å². The number of nitrogens with two attached hydrogens (primary N) is 1. The second-order valence-electron chi connectivity index (χ2n) is 10.4. The molecule has 2 aromatic heterocycles. The number of aliphatic hydroxyl groups excluding tert-OH is 1. The van der Waals surface area contributed by atoms with Gasteiger partial charge >= 0.3 is 0 Å². The molecule has 3 aromatic rings. The molecule has 2 aliphatic heterocycles. The zero-order valence-corrected chi connectivity index (χ0v) is 22.4. The number of aromatic nitrogens is 1. The molecule has 1 unspecified atom stereocenters. The molecule has 5 rings (SSSR count). The molecule has 0 saturated carbocycles. The van der Waals surface area contributed by atoms with Gasteiger partial charge in [-0.2, -0.15) is 0 Å². The number of fused-ring (bicyclic) bond motifs is 1. The van der Waals surface area contributed by atoms with Crippen molar-refractivity contribution in [3.05, 3.63) is 56.9 Å². The van der Waals surface area contributed by atoms with E-state index in [0.717, 1.165) is 13.1 Å². The van der Waals surface area contributed by atoms with Crippen LogP contribution in [-0.4, -0.2) is 86.4 Å². The molecular formula is C26H30ClN5O4S. The summed E-state index contributed by atoms with van der Waals surface area (Å²) in [5.74, 6) is 4.42. The van der Waals surface area contributed by atoms with E-state index in [0.29, 0.717) is 37.0 Å². The lowest BCUT2D eigenvalue weighted by molar-refractivity contribution is -0.125. The van der Waals surface area contributed by atoms with Crippen molar-refractivity contribution in [3.8, 4) is 0 Å². The summed E-state index contributed by atoms with van der Waals surface area (Å²) in [6.07, 6.45) is 1.18. The van der Waals surface area contributed by atoms with Crippen LogP contribution in [0, 0.1) is 0 Å². The van der Waals surface area contributed by atoms with Gasteiger partial charge in [-0.25, -0.2) is 0 Å². The SMILES string of the molecule is CC1(C)CN(Cc2cccs2)CCN1C(=O)c1cc2c(C(=O)C(=O)N3CCC(O)C3)cn(N)c2cc1Cl. The van der Waals surface area contributed by atoms with Gasteiger partial charge in [0.1, 0.15) is 0 Å². The molecule has 9 nitrogen and oxygen atoms in total. The molecule has 4 heterocycles. The van der Waals surface area contributed by atoms with Crippen molar-refractivity contribution in [2.24, 2.45) is 0 Å². The third kappa shape index (κ3) is 4.86. The summed E-state index contributed by atoms with van der Waals surface area (Å²) in [4.78, 5) is 46.5. The zero-order chi connectivity index (χ0) is 26.5. The number of likely N-dealkylation sites (tertiary alicyclic amines) is 1. The van der Waals surface area contributed by atoms with Gasteiger partial charge in [-0.3, -0.25) is 24.0 Å². The molecule has 2 fully saturated rings. The number of benzene rings is 1. The smallest absolute Gasteiger partial charge is 0.295 e. The van der Waals surface area contributed by atoms with Crippen molar-refractivity contribution in [3.63, 3.8) is 0 Å². The second-order valence-corrected chi connectivity index (χ2v) is 11.8. The maximum Gasteiger partial charge on any atom is 0.295 e. The van der Waals surface area contributed by atoms with E-state index in [9.17, 15) is 19.5 Å². The molecule has 0 bridgehead atoms. The molecule has 0 radical (unpaired) electrons. The Morgan fingerprint density at radius 1 is 1.19 bits per heavy atom. The molecule has 0 aliphatic carbocycles. The molecular weight excluding hydrogens is 514 g/mol. The fourth-order valence-corrected chi connectivity index (χ4v) is 6.32. The van der Waals surface area contributed by atoms with E-state index in [2.05, 4.69) is 16.3 Å². The first-order valence-electron chi connectivity index (χ1n) is 12.2. The number of thiophene rings is 1. The van der Waals surface area contributed by atoms with Crippen LogP contribution < -0.4 is 5.84 Å². The first-order chi connectivity index (χ1) is 17.5. The number of carbonyl (C=O) groups excluding carboxylic acids is 3. The highest BCUT2D eigenvalue weighted by atomic mass is 35.5. The maximum absolute atomic E-state index is 13.8. The van der Waals surface area contributed by atoms with Gasteiger partial charge in [-0.1, -0.05) is 17.7 Å². The Morgan fingerprint density at radius 3 is 2.62 bits per heavy atom. The minimum atomic E-state index is -0.730. The number of piperazine rings is 1. The molecule has 2 aliphatic rings. The highest BCUT2D eigenvalue weighted by molar-refractivity contribution is 7.09. The number of nitrogen functional groups attached to an aromatic ring is 1. The minimum absolute atomic E-state index is 0.106. The first kappa shape index (κ1) is 25.7. The zero-order valence-electron chi connectivity index (χ0n) is 20.8. The first-order valence-corrected chi connectivity index (χ1v) is 13.5. The lowest BCUT2D eigenvalue weighted by Crippen LogP contribution is -2.60. The van der Waals surface area contributed by atoms with E-state index in [1.54, 1.807) is 23.5 Å². The fourth-order valence-electron chi connectivity index (χ4n) is 5.34. The largest absolute Gasteiger partial charge is 0.391 e. The van der Waals surface area contributed by atoms with Crippen LogP contribution in [0.25, 0.3) is 10.9 Å². The number of hydrogen-bond acceptors (Lipinski definition) is 7. The second kappa shape index (κ2) is 9.75. The predicted molar refractivity (Wildman–Crippen MR) is 143 cm³/mol. The third-order valence-electron chi connectivity index (χ3n) is 7.23. The minimum Gasteiger partial charge on any atom is -0.391 e. The Kier molecular flexibility index (Phi) is 6.78. The van der Waals surface area contributed by atoms with Gasteiger partial charge in [0.05, 0.1) is 33.3 Å². The number of aliphatic hydroxyl groups is 1. The summed E-state index contributed by atoms with van der Waals surface area (Å²) < 4.78 is 1.24. The summed E-state index contributed by atoms with van der Waals surface area (Å²) in [5.41, 5.74) is 0.364. The topological polar surface area (TPSA) is 112 Å². The number of Topliss-reactive ketones (excluding diaryl/α,β-unsaturated/α-hetero) is 1. The average molecular weight is 544 g/mol. The van der Waals surface area contributed by atoms with Crippen molar-refractivity contribution in [2.45, 2.75) is 38.5 Å². The van der Waals surface area contributed by atoms with Crippen molar-refractivity contribution in [2.75, 3.05) is 38.6 Å². The van der Waals surface area contributed by atoms with Crippen LogP contribution in [0.4, 0.5) is 0 Å². The van der Waals surface area contributed by atoms with Gasteiger partial charge < -0.3 is 20.7 Å². The fraction of sp³-hybridized carbons (Fsp3) is 0.423. The van der Waals surface area contributed by atoms with E-state index >= 15 is 0 Å². The standard InChI is InChI=1S/C26H30ClN5O4S/c1-26(2)15-29(13-17-4-3-9-37-17)7-8-31(26)24(35)19-10-18-20(14-32(28)22(18)11-21(19)27)23(34)25(36)30-6-5-16(33)12-30/h3-4,9-11,14,16,33H,5-8,12-13,15,28H2,1-2H3. The maximum atomic E-state index is 13.8. The molecule has 11 heteroatoms. The van der Waals surface area contributed by atoms with E-state index in [1.165, 1.54) is 20.7 Å². The molecule has 2 saturated heterocycles. The van der Waals surface area contributed by atoms with Crippen molar-refractivity contribution in [1.29, 1.82) is 0 Å². The summed E-state index contributed by atoms with van der Waals surface area (Å²) >= 11 is 8.28. The quantitative estimate of drug-likeness (QED) is 0.291. The highest BCUT2D eigenvalue weighted by Gasteiger charge is 2.38. The van der Waals surface area contributed by atoms with Gasteiger partial charge in [-0.05, 0) is 43.8 Å². The van der Waals surface area contributed by atoms with E-state index in [-0.39, 0.29) is 28.6 Å². The van der Waals surface area contributed by atoms with Crippen LogP contribution in [0.3, 0.4) is 0 Å². The van der Waals surface area contributed by atoms with Crippen molar-refractivity contribution >= 4 is 51.4 Å². The normalized spacial score (nSPS) is 20.1. The van der Waals surface area contributed by atoms with Crippen LogP contribution in [0.1, 0.15) is 45.9 Å². The molecule has 0 spiro atoms. The van der Waals surface area contributed by atoms with Crippen molar-refractivity contribution in [1.82, 2.24) is 19.4 Å². The number of rotatable bonds is 5. The predicted octanol–water partition coefficient (Wildman–Crippen LogP) is 2.58. The van der Waals surface area contributed by atoms with Crippen LogP contribution in [0.2, 0.25) is 5.02 Å². The number of nitrogens with zero attached hydrogens (tertiary/aromatic N) is 4. The van der Waals surface area contributed by atoms with Gasteiger partial charge in [0, 0.05) is 55.7 Å². The summed E-state index contributed by atoms with van der Waals surface area (Å²) in [6.45, 7) is 7.31. The number of β-amino-alcohol motifs (C(OH)–C–C–N with tert-alkyl or cyclic N) is 1. The number of amides is 2. The van der Waals surface area contributed by atoms with Crippen LogP contribution in [-0.2, 0) is 11.3 Å². The lowest BCUT2D eigenvalue weighted by Gasteiger charge is -2.47. The van der Waals surface area contributed by atoms with Gasteiger partial charge in [0.15, 0.2) is 0 Å². The Bertz CT molecular complexity index is 1370. The summed E-state index contributed by atoms with van der Waals surface area (Å²) in [5, 5.41) is 12.4. The number of ketones is 1. The monoisotopic (exact) mass is 543 g/mol. The Labute approximate surface area is 223 Å². The Balaban J connectivity index is 1.42. The summed E-state index contributed by atoms with van der Waals surface area (Å²) in [6, 6.07) is 7.28. The molecule has 2 amide bonds. The number of carbonyl (C=O) groups is 3. The molecule has 37 heavy (non-hydrogen) atoms. The van der Waals surface area contributed by atoms with Gasteiger partial charge in [0.2, 0.25) is 0 Å². The number of halogens is 1. The molecule has 3 N–H and O–H groups in total. The highest BCUT2D eigenvalue weighted by Crippen LogP contribution is 2.32. The Morgan fingerprint density at radius 2 is 1.97 bits per heavy atom. The molecule has 1 aromatic carbocycles. The van der Waals surface area contributed by atoms with E-state index < -0.39 is 23.3 Å². The third-order valence-corrected chi connectivity index (χ3v) is 8.40. The Hall–Kier alpha value is -2.92. The van der Waals surface area contributed by atoms with Gasteiger partial charge in [-0.15, -0.1) is 11.3 Å². The van der Waals surface area contributed by atoms with E-state index in [1.807, 2.05) is 24.8 Å². The van der Waals surface area contributed by atoms with Crippen LogP contribution >= 0.6 is 22.9 Å².